The van der Waals surface area contributed by atoms with Crippen LogP contribution in [0.4, 0.5) is 0 Å². The molecule has 0 aliphatic carbocycles. The molecule has 0 saturated carbocycles. The van der Waals surface area contributed by atoms with E-state index in [-0.39, 0.29) is 12.5 Å². The Morgan fingerprint density at radius 1 is 0.365 bits per heavy atom. The lowest BCUT2D eigenvalue weighted by molar-refractivity contribution is -0.359. The number of rotatable bonds is 72. The first-order valence-electron chi connectivity index (χ1n) is 41.9. The van der Waals surface area contributed by atoms with Crippen molar-refractivity contribution in [3.05, 3.63) is 12.2 Å². The summed E-state index contributed by atoms with van der Waals surface area (Å²) < 4.78 is 23.0. The zero-order valence-electron chi connectivity index (χ0n) is 62.7. The van der Waals surface area contributed by atoms with Crippen LogP contribution in [0.2, 0.25) is 0 Å². The summed E-state index contributed by atoms with van der Waals surface area (Å²) in [5.74, 6) is -0.196. The van der Waals surface area contributed by atoms with E-state index in [1.807, 2.05) is 0 Å². The van der Waals surface area contributed by atoms with Crippen LogP contribution < -0.4 is 5.32 Å². The minimum absolute atomic E-state index is 0.196. The zero-order valence-corrected chi connectivity index (χ0v) is 62.7. The van der Waals surface area contributed by atoms with Crippen molar-refractivity contribution >= 4 is 5.91 Å². The molecule has 12 unspecified atom stereocenters. The van der Waals surface area contributed by atoms with Crippen LogP contribution >= 0.6 is 0 Å². The second kappa shape index (κ2) is 66.9. The van der Waals surface area contributed by atoms with Crippen molar-refractivity contribution in [1.29, 1.82) is 0 Å². The molecule has 570 valence electrons. The molecule has 1 amide bonds. The molecule has 0 aromatic carbocycles. The summed E-state index contributed by atoms with van der Waals surface area (Å²) in [4.78, 5) is 13.4. The Labute approximate surface area is 590 Å². The van der Waals surface area contributed by atoms with Gasteiger partial charge in [-0.05, 0) is 38.5 Å². The average Bonchev–Trinajstić information content (AvgIpc) is 0.812. The number of aliphatic hydroxyl groups excluding tert-OH is 8. The fourth-order valence-electron chi connectivity index (χ4n) is 14.4. The second-order valence-electron chi connectivity index (χ2n) is 30.0. The van der Waals surface area contributed by atoms with Gasteiger partial charge in [0.05, 0.1) is 32.0 Å². The largest absolute Gasteiger partial charge is 0.394 e. The number of hydrogen-bond acceptors (Lipinski definition) is 13. The van der Waals surface area contributed by atoms with E-state index in [0.29, 0.717) is 12.8 Å². The summed E-state index contributed by atoms with van der Waals surface area (Å²) in [7, 11) is 0. The van der Waals surface area contributed by atoms with Crippen molar-refractivity contribution < 1.29 is 64.6 Å². The second-order valence-corrected chi connectivity index (χ2v) is 30.0. The summed E-state index contributed by atoms with van der Waals surface area (Å²) in [5, 5.41) is 87.9. The van der Waals surface area contributed by atoms with Gasteiger partial charge in [0.2, 0.25) is 5.91 Å². The predicted octanol–water partition coefficient (Wildman–Crippen LogP) is 19.3. The monoisotopic (exact) mass is 1370 g/mol. The Bertz CT molecular complexity index is 1660. The van der Waals surface area contributed by atoms with Crippen LogP contribution in [0.15, 0.2) is 12.2 Å². The number of aliphatic hydroxyl groups is 8. The van der Waals surface area contributed by atoms with Crippen LogP contribution in [0.1, 0.15) is 412 Å². The molecule has 2 rings (SSSR count). The molecule has 96 heavy (non-hydrogen) atoms. The predicted molar refractivity (Wildman–Crippen MR) is 397 cm³/mol. The van der Waals surface area contributed by atoms with E-state index in [9.17, 15) is 45.6 Å². The standard InChI is InChI=1S/C82H159NO13/c1-3-5-7-9-11-13-15-17-19-21-23-25-27-29-31-33-34-35-36-38-40-42-44-46-48-50-52-54-56-58-60-62-64-66-74(87)83-70(69-93-81-79(92)77(90)80(73(68-85)95-81)96-82-78(91)76(89)75(88)72(67-84)94-82)71(86)65-63-61-59-57-55-53-51-49-47-45-43-41-39-37-32-30-28-26-24-22-20-18-16-14-12-10-8-6-4-2/h21,23,70-73,75-82,84-86,88-92H,3-20,22,24-69H2,1-2H3,(H,83,87)/b23-21-. The topological polar surface area (TPSA) is 228 Å². The van der Waals surface area contributed by atoms with E-state index < -0.39 is 86.8 Å². The fraction of sp³-hybridized carbons (Fsp3) is 0.963. The first-order chi connectivity index (χ1) is 47.1. The third-order valence-corrected chi connectivity index (χ3v) is 21.0. The molecule has 0 radical (unpaired) electrons. The molecular formula is C82H159NO13. The van der Waals surface area contributed by atoms with Crippen LogP contribution in [0.5, 0.6) is 0 Å². The van der Waals surface area contributed by atoms with Crippen molar-refractivity contribution in [2.75, 3.05) is 19.8 Å². The van der Waals surface area contributed by atoms with E-state index in [4.69, 9.17) is 18.9 Å². The van der Waals surface area contributed by atoms with Gasteiger partial charge in [0.15, 0.2) is 12.6 Å². The summed E-state index contributed by atoms with van der Waals surface area (Å²) in [6.07, 6.45) is 68.4. The van der Waals surface area contributed by atoms with Crippen molar-refractivity contribution in [1.82, 2.24) is 5.32 Å². The molecule has 0 aromatic heterocycles. The molecule has 0 spiro atoms. The van der Waals surface area contributed by atoms with Crippen molar-refractivity contribution in [3.8, 4) is 0 Å². The van der Waals surface area contributed by atoms with E-state index in [2.05, 4.69) is 31.3 Å². The maximum absolute atomic E-state index is 13.4. The molecule has 0 aromatic rings. The van der Waals surface area contributed by atoms with E-state index in [1.165, 1.54) is 334 Å². The third-order valence-electron chi connectivity index (χ3n) is 21.0. The number of nitrogens with one attached hydrogen (secondary N) is 1. The Balaban J connectivity index is 1.58. The van der Waals surface area contributed by atoms with Crippen molar-refractivity contribution in [2.24, 2.45) is 0 Å². The van der Waals surface area contributed by atoms with E-state index >= 15 is 0 Å². The van der Waals surface area contributed by atoms with Gasteiger partial charge in [0, 0.05) is 6.42 Å². The van der Waals surface area contributed by atoms with Crippen LogP contribution in [-0.2, 0) is 23.7 Å². The molecule has 2 heterocycles. The quantitative estimate of drug-likeness (QED) is 0.0204. The number of carbonyl (C=O) groups is 1. The minimum Gasteiger partial charge on any atom is -0.394 e. The molecule has 2 fully saturated rings. The Hall–Kier alpha value is -1.27. The average molecular weight is 1370 g/mol. The minimum atomic E-state index is -1.78. The first-order valence-corrected chi connectivity index (χ1v) is 41.9. The number of amides is 1. The molecule has 0 bridgehead atoms. The molecule has 2 saturated heterocycles. The van der Waals surface area contributed by atoms with Gasteiger partial charge in [-0.25, -0.2) is 0 Å². The van der Waals surface area contributed by atoms with Gasteiger partial charge in [-0.15, -0.1) is 0 Å². The van der Waals surface area contributed by atoms with Gasteiger partial charge in [-0.1, -0.05) is 379 Å². The highest BCUT2D eigenvalue weighted by atomic mass is 16.7. The molecule has 14 heteroatoms. The van der Waals surface area contributed by atoms with Gasteiger partial charge in [-0.3, -0.25) is 4.79 Å². The van der Waals surface area contributed by atoms with E-state index in [1.54, 1.807) is 0 Å². The lowest BCUT2D eigenvalue weighted by Crippen LogP contribution is -2.65. The molecule has 9 N–H and O–H groups in total. The number of allylic oxidation sites excluding steroid dienone is 2. The number of ether oxygens (including phenoxy) is 4. The van der Waals surface area contributed by atoms with Crippen LogP contribution in [-0.4, -0.2) is 140 Å². The molecule has 12 atom stereocenters. The molecule has 2 aliphatic rings. The molecule has 2 aliphatic heterocycles. The van der Waals surface area contributed by atoms with E-state index in [0.717, 1.165) is 51.4 Å². The van der Waals surface area contributed by atoms with Crippen LogP contribution in [0.3, 0.4) is 0 Å². The summed E-state index contributed by atoms with van der Waals surface area (Å²) in [5.41, 5.74) is 0. The van der Waals surface area contributed by atoms with Gasteiger partial charge in [0.1, 0.15) is 48.8 Å². The van der Waals surface area contributed by atoms with Crippen LogP contribution in [0.25, 0.3) is 0 Å². The van der Waals surface area contributed by atoms with Gasteiger partial charge < -0.3 is 65.1 Å². The SMILES string of the molecule is CCCCCCCCCC/C=C\CCCCCCCCCCCCCCCCCCCCCCCC(=O)NC(COC1OC(CO)C(OC2OC(CO)C(O)C(O)C2O)C(O)C1O)C(O)CCCCCCCCCCCCCCCCCCCCCCCCCCCCCCC. The van der Waals surface area contributed by atoms with Crippen molar-refractivity contribution in [3.63, 3.8) is 0 Å². The fourth-order valence-corrected chi connectivity index (χ4v) is 14.4. The molecule has 14 nitrogen and oxygen atoms in total. The smallest absolute Gasteiger partial charge is 0.220 e. The zero-order chi connectivity index (χ0) is 69.4. The third kappa shape index (κ3) is 49.4. The lowest BCUT2D eigenvalue weighted by Gasteiger charge is -2.46. The highest BCUT2D eigenvalue weighted by molar-refractivity contribution is 5.76. The number of hydrogen-bond donors (Lipinski definition) is 9. The van der Waals surface area contributed by atoms with Crippen molar-refractivity contribution in [2.45, 2.75) is 485 Å². The summed E-state index contributed by atoms with van der Waals surface area (Å²) in [6.45, 7) is 2.94. The Morgan fingerprint density at radius 3 is 0.990 bits per heavy atom. The maximum Gasteiger partial charge on any atom is 0.220 e. The number of unbranched alkanes of at least 4 members (excludes halogenated alkanes) is 57. The van der Waals surface area contributed by atoms with Crippen LogP contribution in [0, 0.1) is 0 Å². The highest BCUT2D eigenvalue weighted by Gasteiger charge is 2.51. The lowest BCUT2D eigenvalue weighted by atomic mass is 9.97. The highest BCUT2D eigenvalue weighted by Crippen LogP contribution is 2.31. The first kappa shape index (κ1) is 90.8. The summed E-state index contributed by atoms with van der Waals surface area (Å²) >= 11 is 0. The maximum atomic E-state index is 13.4. The normalized spacial score (nSPS) is 22.2. The van der Waals surface area contributed by atoms with Gasteiger partial charge in [-0.2, -0.15) is 0 Å². The van der Waals surface area contributed by atoms with Gasteiger partial charge >= 0.3 is 0 Å². The van der Waals surface area contributed by atoms with Gasteiger partial charge in [0.25, 0.3) is 0 Å². The molecular weight excluding hydrogens is 1210 g/mol. The number of carbonyl (C=O) groups excluding carboxylic acids is 1. The Morgan fingerprint density at radius 2 is 0.656 bits per heavy atom. The summed E-state index contributed by atoms with van der Waals surface area (Å²) in [6, 6.07) is -0.827. The Kier molecular flexibility index (Phi) is 63.3.